The minimum absolute atomic E-state index is 0.101. The third-order valence-electron chi connectivity index (χ3n) is 6.36. The van der Waals surface area contributed by atoms with Gasteiger partial charge in [-0.15, -0.1) is 0 Å². The van der Waals surface area contributed by atoms with E-state index >= 15 is 0 Å². The van der Waals surface area contributed by atoms with E-state index in [1.165, 1.54) is 0 Å². The van der Waals surface area contributed by atoms with Crippen LogP contribution in [0.15, 0.2) is 47.4 Å². The largest absolute Gasteiger partial charge is 0.369 e. The van der Waals surface area contributed by atoms with Crippen molar-refractivity contribution in [2.24, 2.45) is 0 Å². The number of piperazine rings is 1. The maximum Gasteiger partial charge on any atom is 0.256 e. The molecule has 1 saturated heterocycles. The molecule has 0 unspecified atom stereocenters. The van der Waals surface area contributed by atoms with E-state index in [9.17, 15) is 22.0 Å². The van der Waals surface area contributed by atoms with Crippen molar-refractivity contribution in [2.45, 2.75) is 18.0 Å². The number of rotatable bonds is 5. The summed E-state index contributed by atoms with van der Waals surface area (Å²) in [4.78, 5) is 16.6. The Morgan fingerprint density at radius 1 is 1.03 bits per heavy atom. The van der Waals surface area contributed by atoms with Gasteiger partial charge in [0.15, 0.2) is 5.82 Å². The number of hydrogen-bond acceptors (Lipinski definition) is 6. The lowest BCUT2D eigenvalue weighted by atomic mass is 10.1. The van der Waals surface area contributed by atoms with E-state index in [0.717, 1.165) is 48.3 Å². The monoisotopic (exact) mass is 502 g/mol. The molecule has 3 aromatic rings. The molecule has 5 rings (SSSR count). The lowest BCUT2D eigenvalue weighted by molar-refractivity contribution is 0.102. The summed E-state index contributed by atoms with van der Waals surface area (Å²) in [6.45, 7) is 3.55. The van der Waals surface area contributed by atoms with Gasteiger partial charge in [-0.25, -0.2) is 17.2 Å². The molecule has 2 aliphatic rings. The molecule has 1 fully saturated rings. The van der Waals surface area contributed by atoms with Gasteiger partial charge >= 0.3 is 0 Å². The number of nitrogens with zero attached hydrogens (tertiary/aromatic N) is 4. The number of aromatic nitrogens is 2. The summed E-state index contributed by atoms with van der Waals surface area (Å²) in [5, 5.41) is 9.54. The van der Waals surface area contributed by atoms with Gasteiger partial charge in [0, 0.05) is 49.5 Å². The molecule has 1 aromatic heterocycles. The van der Waals surface area contributed by atoms with Crippen molar-refractivity contribution in [2.75, 3.05) is 43.4 Å². The van der Waals surface area contributed by atoms with Gasteiger partial charge in [0.25, 0.3) is 5.91 Å². The summed E-state index contributed by atoms with van der Waals surface area (Å²) < 4.78 is 54.5. The Balaban J connectivity index is 1.28. The van der Waals surface area contributed by atoms with E-state index < -0.39 is 26.6 Å². The second kappa shape index (κ2) is 9.02. The summed E-state index contributed by atoms with van der Waals surface area (Å²) in [7, 11) is -2.21. The number of carbonyl (C=O) groups is 1. The molecule has 3 heterocycles. The number of amides is 1. The van der Waals surface area contributed by atoms with Crippen LogP contribution in [0, 0.1) is 11.6 Å². The predicted molar refractivity (Wildman–Crippen MR) is 125 cm³/mol. The molecule has 0 aliphatic carbocycles. The zero-order valence-corrected chi connectivity index (χ0v) is 19.8. The first-order valence-electron chi connectivity index (χ1n) is 11.1. The van der Waals surface area contributed by atoms with E-state index in [1.807, 2.05) is 12.1 Å². The van der Waals surface area contributed by atoms with E-state index in [1.54, 1.807) is 12.1 Å². The maximum atomic E-state index is 14.1. The van der Waals surface area contributed by atoms with Crippen molar-refractivity contribution in [3.63, 3.8) is 0 Å². The van der Waals surface area contributed by atoms with Gasteiger partial charge in [0.2, 0.25) is 10.0 Å². The van der Waals surface area contributed by atoms with E-state index in [4.69, 9.17) is 0 Å². The summed E-state index contributed by atoms with van der Waals surface area (Å²) >= 11 is 0. The Morgan fingerprint density at radius 3 is 2.46 bits per heavy atom. The number of aromatic amines is 1. The highest BCUT2D eigenvalue weighted by molar-refractivity contribution is 7.89. The number of H-pyrrole nitrogens is 1. The molecule has 184 valence electrons. The van der Waals surface area contributed by atoms with Crippen molar-refractivity contribution < 1.29 is 22.0 Å². The molecular formula is C23H24F2N6O3S. The van der Waals surface area contributed by atoms with Gasteiger partial charge in [-0.05, 0) is 49.5 Å². The van der Waals surface area contributed by atoms with Gasteiger partial charge in [0.05, 0.1) is 12.2 Å². The number of hydrogen-bond donors (Lipinski definition) is 2. The van der Waals surface area contributed by atoms with Crippen molar-refractivity contribution >= 4 is 27.4 Å². The number of anilines is 2. The minimum Gasteiger partial charge on any atom is -0.369 e. The summed E-state index contributed by atoms with van der Waals surface area (Å²) in [5.41, 5.74) is 2.43. The molecule has 1 amide bonds. The van der Waals surface area contributed by atoms with Crippen LogP contribution in [0.3, 0.4) is 0 Å². The molecular weight excluding hydrogens is 478 g/mol. The first-order valence-corrected chi connectivity index (χ1v) is 12.5. The summed E-state index contributed by atoms with van der Waals surface area (Å²) in [5.74, 6) is -2.07. The smallest absolute Gasteiger partial charge is 0.256 e. The number of nitrogens with one attached hydrogen (secondary N) is 2. The number of benzene rings is 2. The van der Waals surface area contributed by atoms with Crippen LogP contribution in [0.5, 0.6) is 0 Å². The third kappa shape index (κ3) is 4.51. The Labute approximate surface area is 201 Å². The second-order valence-electron chi connectivity index (χ2n) is 8.67. The van der Waals surface area contributed by atoms with Crippen LogP contribution in [-0.2, 0) is 23.1 Å². The van der Waals surface area contributed by atoms with Crippen LogP contribution in [0.25, 0.3) is 0 Å². The molecule has 0 bridgehead atoms. The molecule has 12 heteroatoms. The van der Waals surface area contributed by atoms with Crippen LogP contribution in [0.2, 0.25) is 0 Å². The minimum atomic E-state index is -4.30. The Bertz CT molecular complexity index is 1370. The highest BCUT2D eigenvalue weighted by Crippen LogP contribution is 2.32. The lowest BCUT2D eigenvalue weighted by Gasteiger charge is -2.34. The van der Waals surface area contributed by atoms with Crippen molar-refractivity contribution in [1.82, 2.24) is 19.4 Å². The number of sulfonamides is 1. The number of likely N-dealkylation sites (N-methyl/N-ethyl adjacent to an activating group) is 1. The zero-order chi connectivity index (χ0) is 24.7. The second-order valence-corrected chi connectivity index (χ2v) is 10.6. The first kappa shape index (κ1) is 23.4. The fourth-order valence-corrected chi connectivity index (χ4v) is 5.72. The number of carbonyl (C=O) groups excluding carboxylic acids is 1. The Morgan fingerprint density at radius 2 is 1.74 bits per heavy atom. The van der Waals surface area contributed by atoms with Gasteiger partial charge in [-0.2, -0.15) is 9.40 Å². The fraction of sp³-hybridized carbons (Fsp3) is 0.304. The highest BCUT2D eigenvalue weighted by Gasteiger charge is 2.36. The van der Waals surface area contributed by atoms with Crippen molar-refractivity contribution in [1.29, 1.82) is 0 Å². The number of halogens is 2. The molecule has 2 N–H and O–H groups in total. The van der Waals surface area contributed by atoms with Crippen LogP contribution >= 0.6 is 0 Å². The number of fused-ring (bicyclic) bond motifs is 1. The topological polar surface area (TPSA) is 102 Å². The van der Waals surface area contributed by atoms with E-state index in [0.29, 0.717) is 22.9 Å². The summed E-state index contributed by atoms with van der Waals surface area (Å²) in [6, 6.07) is 9.56. The quantitative estimate of drug-likeness (QED) is 0.556. The lowest BCUT2D eigenvalue weighted by Crippen LogP contribution is -2.44. The molecule has 9 nitrogen and oxygen atoms in total. The van der Waals surface area contributed by atoms with Crippen LogP contribution in [0.1, 0.15) is 21.6 Å². The van der Waals surface area contributed by atoms with Gasteiger partial charge in [0.1, 0.15) is 16.5 Å². The molecule has 2 aromatic carbocycles. The summed E-state index contributed by atoms with van der Waals surface area (Å²) in [6.07, 6.45) is 0. The average Bonchev–Trinajstić information content (AvgIpc) is 3.44. The molecule has 2 aliphatic heterocycles. The Kier molecular flexibility index (Phi) is 6.03. The predicted octanol–water partition coefficient (Wildman–Crippen LogP) is 2.40. The van der Waals surface area contributed by atoms with Crippen molar-refractivity contribution in [3.05, 3.63) is 70.9 Å². The molecule has 0 saturated carbocycles. The zero-order valence-electron chi connectivity index (χ0n) is 19.0. The van der Waals surface area contributed by atoms with Crippen LogP contribution in [-0.4, -0.2) is 67.0 Å². The standard InChI is InChI=1S/C23H24F2N6O3S/c1-29-8-10-30(11-9-29)17-5-2-15(3-6-17)23(32)26-22-18-13-31(14-20(18)27-28-22)35(33,34)21-12-16(24)4-7-19(21)25/h2-7,12H,8-11,13-14H2,1H3,(H2,26,27,28,32). The van der Waals surface area contributed by atoms with Crippen molar-refractivity contribution in [3.8, 4) is 0 Å². The maximum absolute atomic E-state index is 14.1. The first-order chi connectivity index (χ1) is 16.7. The Hall–Kier alpha value is -3.35. The normalized spacial score (nSPS) is 16.9. The molecule has 0 atom stereocenters. The van der Waals surface area contributed by atoms with Gasteiger partial charge in [-0.1, -0.05) is 0 Å². The molecule has 0 radical (unpaired) electrons. The van der Waals surface area contributed by atoms with E-state index in [2.05, 4.69) is 32.4 Å². The van der Waals surface area contributed by atoms with Crippen LogP contribution < -0.4 is 10.2 Å². The third-order valence-corrected chi connectivity index (χ3v) is 8.17. The highest BCUT2D eigenvalue weighted by atomic mass is 32.2. The average molecular weight is 503 g/mol. The SMILES string of the molecule is CN1CCN(c2ccc(C(=O)Nc3n[nH]c4c3CN(S(=O)(=O)c3cc(F)ccc3F)C4)cc2)CC1. The van der Waals surface area contributed by atoms with Gasteiger partial charge < -0.3 is 15.1 Å². The van der Waals surface area contributed by atoms with Crippen LogP contribution in [0.4, 0.5) is 20.3 Å². The molecule has 0 spiro atoms. The fourth-order valence-electron chi connectivity index (χ4n) is 4.27. The van der Waals surface area contributed by atoms with E-state index in [-0.39, 0.29) is 24.8 Å². The molecule has 35 heavy (non-hydrogen) atoms. The van der Waals surface area contributed by atoms with Gasteiger partial charge in [-0.3, -0.25) is 9.89 Å².